The van der Waals surface area contributed by atoms with Gasteiger partial charge in [0.2, 0.25) is 0 Å². The average molecular weight is 318 g/mol. The molecule has 9 nitrogen and oxygen atoms in total. The van der Waals surface area contributed by atoms with Gasteiger partial charge >= 0.3 is 5.69 Å². The first kappa shape index (κ1) is 15.9. The number of nitrogens with two attached hydrogens (primary N) is 1. The Balaban J connectivity index is 2.59. The number of aromatic nitrogens is 2. The number of nitrogens with zero attached hydrogens (tertiary/aromatic N) is 3. The largest absolute Gasteiger partial charge is 0.378 e. The van der Waals surface area contributed by atoms with Crippen LogP contribution in [0.5, 0.6) is 0 Å². The van der Waals surface area contributed by atoms with Crippen molar-refractivity contribution in [2.45, 2.75) is 10.9 Å². The summed E-state index contributed by atoms with van der Waals surface area (Å²) < 4.78 is 33.6. The second kappa shape index (κ2) is 5.72. The zero-order valence-electron chi connectivity index (χ0n) is 11.9. The third-order valence-corrected chi connectivity index (χ3v) is 5.38. The molecule has 118 valence electrons. The molecule has 0 aromatic carbocycles. The van der Waals surface area contributed by atoms with Gasteiger partial charge in [-0.3, -0.25) is 9.36 Å². The molecular weight excluding hydrogens is 300 g/mol. The van der Waals surface area contributed by atoms with E-state index in [0.29, 0.717) is 0 Å². The third-order valence-electron chi connectivity index (χ3n) is 3.45. The van der Waals surface area contributed by atoms with Crippen LogP contribution in [-0.2, 0) is 28.9 Å². The van der Waals surface area contributed by atoms with Crippen LogP contribution in [0.3, 0.4) is 0 Å². The zero-order chi connectivity index (χ0) is 15.8. The molecular formula is C11H18N4O5S. The SMILES string of the molecule is Cn1cc(S(=O)(=O)N2CCOCC2CN)c(=O)n(C)c1=O. The number of rotatable bonds is 3. The maximum atomic E-state index is 12.7. The Hall–Kier alpha value is -1.49. The maximum absolute atomic E-state index is 12.7. The van der Waals surface area contributed by atoms with Gasteiger partial charge in [0.05, 0.1) is 19.3 Å². The van der Waals surface area contributed by atoms with E-state index in [1.54, 1.807) is 0 Å². The molecule has 1 saturated heterocycles. The smallest absolute Gasteiger partial charge is 0.330 e. The molecule has 2 N–H and O–H groups in total. The summed E-state index contributed by atoms with van der Waals surface area (Å²) in [5.74, 6) is 0. The Morgan fingerprint density at radius 2 is 2.05 bits per heavy atom. The molecule has 1 atom stereocenters. The lowest BCUT2D eigenvalue weighted by atomic mass is 10.3. The molecule has 21 heavy (non-hydrogen) atoms. The van der Waals surface area contributed by atoms with Crippen LogP contribution in [0.2, 0.25) is 0 Å². The van der Waals surface area contributed by atoms with E-state index in [9.17, 15) is 18.0 Å². The topological polar surface area (TPSA) is 117 Å². The van der Waals surface area contributed by atoms with Crippen LogP contribution in [0.1, 0.15) is 0 Å². The van der Waals surface area contributed by atoms with Gasteiger partial charge < -0.3 is 15.0 Å². The average Bonchev–Trinajstić information content (AvgIpc) is 2.48. The van der Waals surface area contributed by atoms with E-state index in [1.165, 1.54) is 14.1 Å². The van der Waals surface area contributed by atoms with Gasteiger partial charge in [-0.1, -0.05) is 0 Å². The van der Waals surface area contributed by atoms with Crippen LogP contribution >= 0.6 is 0 Å². The monoisotopic (exact) mass is 318 g/mol. The molecule has 0 bridgehead atoms. The Morgan fingerprint density at radius 3 is 2.67 bits per heavy atom. The van der Waals surface area contributed by atoms with Crippen LogP contribution in [0, 0.1) is 0 Å². The Morgan fingerprint density at radius 1 is 1.38 bits per heavy atom. The van der Waals surface area contributed by atoms with Crippen molar-refractivity contribution < 1.29 is 13.2 Å². The molecule has 1 aromatic heterocycles. The predicted octanol–water partition coefficient (Wildman–Crippen LogP) is -2.57. The summed E-state index contributed by atoms with van der Waals surface area (Å²) in [6.07, 6.45) is 1.04. The number of morpholine rings is 1. The lowest BCUT2D eigenvalue weighted by Crippen LogP contribution is -2.53. The minimum Gasteiger partial charge on any atom is -0.378 e. The first-order valence-corrected chi connectivity index (χ1v) is 7.81. The quantitative estimate of drug-likeness (QED) is 0.655. The Bertz CT molecular complexity index is 751. The second-order valence-electron chi connectivity index (χ2n) is 4.83. The van der Waals surface area contributed by atoms with Crippen molar-refractivity contribution in [3.63, 3.8) is 0 Å². The summed E-state index contributed by atoms with van der Waals surface area (Å²) in [5.41, 5.74) is 4.13. The molecule has 0 saturated carbocycles. The maximum Gasteiger partial charge on any atom is 0.330 e. The number of sulfonamides is 1. The summed E-state index contributed by atoms with van der Waals surface area (Å²) in [6, 6.07) is -0.523. The van der Waals surface area contributed by atoms with Gasteiger partial charge in [0.15, 0.2) is 4.90 Å². The van der Waals surface area contributed by atoms with Crippen LogP contribution in [-0.4, -0.2) is 54.2 Å². The van der Waals surface area contributed by atoms with Crippen molar-refractivity contribution in [1.82, 2.24) is 13.4 Å². The molecule has 0 amide bonds. The van der Waals surface area contributed by atoms with Gasteiger partial charge in [-0.05, 0) is 0 Å². The molecule has 10 heteroatoms. The van der Waals surface area contributed by atoms with Gasteiger partial charge in [0, 0.05) is 33.4 Å². The molecule has 0 aliphatic carbocycles. The van der Waals surface area contributed by atoms with E-state index in [1.807, 2.05) is 0 Å². The van der Waals surface area contributed by atoms with E-state index in [0.717, 1.165) is 19.6 Å². The predicted molar refractivity (Wildman–Crippen MR) is 74.5 cm³/mol. The Labute approximate surface area is 121 Å². The summed E-state index contributed by atoms with van der Waals surface area (Å²) in [7, 11) is -1.41. The van der Waals surface area contributed by atoms with Gasteiger partial charge in [-0.15, -0.1) is 0 Å². The van der Waals surface area contributed by atoms with Gasteiger partial charge in [0.25, 0.3) is 15.6 Å². The normalized spacial score (nSPS) is 20.6. The van der Waals surface area contributed by atoms with Crippen molar-refractivity contribution in [2.24, 2.45) is 19.8 Å². The van der Waals surface area contributed by atoms with E-state index in [4.69, 9.17) is 10.5 Å². The van der Waals surface area contributed by atoms with Gasteiger partial charge in [-0.25, -0.2) is 13.2 Å². The highest BCUT2D eigenvalue weighted by molar-refractivity contribution is 7.89. The van der Waals surface area contributed by atoms with Crippen LogP contribution < -0.4 is 17.0 Å². The summed E-state index contributed by atoms with van der Waals surface area (Å²) in [4.78, 5) is 23.3. The van der Waals surface area contributed by atoms with Crippen LogP contribution in [0.4, 0.5) is 0 Å². The third kappa shape index (κ3) is 2.67. The fourth-order valence-electron chi connectivity index (χ4n) is 2.22. The van der Waals surface area contributed by atoms with Crippen molar-refractivity contribution in [2.75, 3.05) is 26.3 Å². The van der Waals surface area contributed by atoms with Crippen LogP contribution in [0.25, 0.3) is 0 Å². The lowest BCUT2D eigenvalue weighted by molar-refractivity contribution is 0.0357. The molecule has 2 heterocycles. The second-order valence-corrected chi connectivity index (χ2v) is 6.69. The standard InChI is InChI=1S/C11H18N4O5S/c1-13-6-9(10(16)14(2)11(13)17)21(18,19)15-3-4-20-7-8(15)5-12/h6,8H,3-5,7,12H2,1-2H3. The number of aryl methyl sites for hydroxylation is 1. The number of hydrogen-bond acceptors (Lipinski definition) is 6. The van der Waals surface area contributed by atoms with E-state index in [2.05, 4.69) is 0 Å². The molecule has 1 unspecified atom stereocenters. The lowest BCUT2D eigenvalue weighted by Gasteiger charge is -2.33. The first-order valence-electron chi connectivity index (χ1n) is 6.37. The summed E-state index contributed by atoms with van der Waals surface area (Å²) in [6.45, 7) is 0.630. The highest BCUT2D eigenvalue weighted by atomic mass is 32.2. The summed E-state index contributed by atoms with van der Waals surface area (Å²) in [5, 5.41) is 0. The Kier molecular flexibility index (Phi) is 4.33. The molecule has 1 aliphatic rings. The number of ether oxygens (including phenoxy) is 1. The summed E-state index contributed by atoms with van der Waals surface area (Å²) >= 11 is 0. The fraction of sp³-hybridized carbons (Fsp3) is 0.636. The van der Waals surface area contributed by atoms with Crippen molar-refractivity contribution in [3.8, 4) is 0 Å². The molecule has 1 fully saturated rings. The molecule has 1 aliphatic heterocycles. The van der Waals surface area contributed by atoms with Crippen molar-refractivity contribution >= 4 is 10.0 Å². The highest BCUT2D eigenvalue weighted by Crippen LogP contribution is 2.17. The molecule has 1 aromatic rings. The fourth-order valence-corrected chi connectivity index (χ4v) is 3.98. The van der Waals surface area contributed by atoms with Crippen molar-refractivity contribution in [3.05, 3.63) is 27.0 Å². The van der Waals surface area contributed by atoms with E-state index < -0.39 is 32.2 Å². The highest BCUT2D eigenvalue weighted by Gasteiger charge is 2.35. The molecule has 0 radical (unpaired) electrons. The molecule has 2 rings (SSSR count). The van der Waals surface area contributed by atoms with Crippen LogP contribution in [0.15, 0.2) is 20.7 Å². The first-order chi connectivity index (χ1) is 9.80. The van der Waals surface area contributed by atoms with Gasteiger partial charge in [-0.2, -0.15) is 4.31 Å². The minimum atomic E-state index is -4.04. The molecule has 0 spiro atoms. The minimum absolute atomic E-state index is 0.0886. The van der Waals surface area contributed by atoms with E-state index in [-0.39, 0.29) is 26.3 Å². The zero-order valence-corrected chi connectivity index (χ0v) is 12.7. The van der Waals surface area contributed by atoms with E-state index >= 15 is 0 Å². The van der Waals surface area contributed by atoms with Crippen molar-refractivity contribution in [1.29, 1.82) is 0 Å². The van der Waals surface area contributed by atoms with Gasteiger partial charge in [0.1, 0.15) is 0 Å². The number of hydrogen-bond donors (Lipinski definition) is 1.